The van der Waals surface area contributed by atoms with Gasteiger partial charge >= 0.3 is 5.97 Å². The maximum absolute atomic E-state index is 14.0. The zero-order valence-corrected chi connectivity index (χ0v) is 23.1. The molecule has 3 aromatic carbocycles. The maximum atomic E-state index is 14.0. The minimum absolute atomic E-state index is 0.0939. The molecule has 0 aliphatic rings. The molecule has 0 fully saturated rings. The molecule has 2 atom stereocenters. The number of hydrogen-bond donors (Lipinski definition) is 4. The Morgan fingerprint density at radius 1 is 0.854 bits per heavy atom. The first kappa shape index (κ1) is 29.7. The second-order valence-electron chi connectivity index (χ2n) is 10.4. The largest absolute Gasteiger partial charge is 0.481 e. The molecule has 0 aliphatic carbocycles. The number of rotatable bonds is 12. The van der Waals surface area contributed by atoms with E-state index in [4.69, 9.17) is 5.11 Å². The summed E-state index contributed by atoms with van der Waals surface area (Å²) in [4.78, 5) is 25.0. The standard InChI is InChI=1S/C33H35FN2O5/c1-21(2)31-30(33(41)35-25-11-7-4-8-12-25)29(22-9-5-3-6-10-22)32(23-13-15-24(34)16-14-23)36(31)18-17-26(37)19-27(38)20-28(39)40/h3-16,21,26-27,37-38H,17-20H2,1-2H3,(H,35,41)(H,39,40)/t26-,27-/m1/s1/i3+1,5+1,6+1,9+1,10+1,22+1,29+1,32+1. The van der Waals surface area contributed by atoms with Crippen molar-refractivity contribution in [1.29, 1.82) is 0 Å². The average molecular weight is 567 g/mol. The monoisotopic (exact) mass is 566 g/mol. The van der Waals surface area contributed by atoms with Crippen LogP contribution in [-0.4, -0.2) is 44.0 Å². The van der Waals surface area contributed by atoms with Gasteiger partial charge in [0.25, 0.3) is 5.91 Å². The molecule has 0 aliphatic heterocycles. The number of anilines is 1. The van der Waals surface area contributed by atoms with Crippen LogP contribution >= 0.6 is 0 Å². The van der Waals surface area contributed by atoms with Gasteiger partial charge in [0, 0.05) is 23.5 Å². The molecule has 8 heteroatoms. The number of carboxylic acids is 1. The summed E-state index contributed by atoms with van der Waals surface area (Å²) >= 11 is 0. The van der Waals surface area contributed by atoms with Crippen molar-refractivity contribution in [3.05, 3.63) is 102 Å². The van der Waals surface area contributed by atoms with Crippen molar-refractivity contribution in [2.75, 3.05) is 5.32 Å². The Labute approximate surface area is 238 Å². The Kier molecular flexibility index (Phi) is 9.70. The predicted molar refractivity (Wildman–Crippen MR) is 157 cm³/mol. The van der Waals surface area contributed by atoms with Gasteiger partial charge < -0.3 is 25.2 Å². The minimum atomic E-state index is -1.18. The van der Waals surface area contributed by atoms with Gasteiger partial charge in [-0.25, -0.2) is 4.39 Å². The fourth-order valence-corrected chi connectivity index (χ4v) is 5.20. The van der Waals surface area contributed by atoms with Gasteiger partial charge in [0.2, 0.25) is 0 Å². The molecule has 4 rings (SSSR count). The first-order valence-corrected chi connectivity index (χ1v) is 13.7. The highest BCUT2D eigenvalue weighted by molar-refractivity contribution is 6.12. The predicted octanol–water partition coefficient (Wildman–Crippen LogP) is 6.31. The van der Waals surface area contributed by atoms with Gasteiger partial charge in [0.1, 0.15) is 5.82 Å². The van der Waals surface area contributed by atoms with Crippen LogP contribution in [-0.2, 0) is 11.3 Å². The lowest BCUT2D eigenvalue weighted by molar-refractivity contribution is -0.139. The first-order chi connectivity index (χ1) is 19.7. The second-order valence-corrected chi connectivity index (χ2v) is 10.4. The molecular formula is C33H35FN2O5. The summed E-state index contributed by atoms with van der Waals surface area (Å²) in [6.07, 6.45) is -2.51. The number of aliphatic carboxylic acids is 1. The summed E-state index contributed by atoms with van der Waals surface area (Å²) in [6, 6.07) is 24.8. The van der Waals surface area contributed by atoms with Gasteiger partial charge in [0.15, 0.2) is 0 Å². The van der Waals surface area contributed by atoms with Gasteiger partial charge in [0.05, 0.1) is 29.9 Å². The normalized spacial score (nSPS) is 12.7. The molecule has 0 spiro atoms. The third kappa shape index (κ3) is 7.28. The van der Waals surface area contributed by atoms with Crippen LogP contribution in [0.4, 0.5) is 10.1 Å². The fraction of sp³-hybridized carbons (Fsp3) is 0.273. The molecule has 0 unspecified atom stereocenters. The number of benzene rings is 3. The lowest BCUT2D eigenvalue weighted by Crippen LogP contribution is -2.22. The van der Waals surface area contributed by atoms with Crippen molar-refractivity contribution in [2.24, 2.45) is 0 Å². The van der Waals surface area contributed by atoms with E-state index in [0.29, 0.717) is 28.1 Å². The molecule has 0 radical (unpaired) electrons. The molecule has 1 amide bonds. The van der Waals surface area contributed by atoms with E-state index in [2.05, 4.69) is 5.32 Å². The Morgan fingerprint density at radius 2 is 1.46 bits per heavy atom. The summed E-state index contributed by atoms with van der Waals surface area (Å²) in [6.45, 7) is 4.25. The van der Waals surface area contributed by atoms with Crippen molar-refractivity contribution in [3.8, 4) is 22.4 Å². The molecule has 1 heterocycles. The van der Waals surface area contributed by atoms with E-state index in [-0.39, 0.29) is 37.0 Å². The van der Waals surface area contributed by atoms with Crippen LogP contribution in [0.1, 0.15) is 55.1 Å². The molecule has 1 aromatic heterocycles. The molecule has 4 N–H and O–H groups in total. The number of para-hydroxylation sites is 1. The highest BCUT2D eigenvalue weighted by Crippen LogP contribution is 2.42. The number of aromatic nitrogens is 1. The number of carbonyl (C=O) groups excluding carboxylic acids is 1. The Balaban J connectivity index is 1.89. The lowest BCUT2D eigenvalue weighted by atomic mass is 10.0. The van der Waals surface area contributed by atoms with E-state index >= 15 is 0 Å². The second kappa shape index (κ2) is 13.4. The van der Waals surface area contributed by atoms with Crippen LogP contribution in [0.2, 0.25) is 0 Å². The van der Waals surface area contributed by atoms with Crippen LogP contribution in [0.3, 0.4) is 0 Å². The molecule has 4 aromatic rings. The zero-order chi connectivity index (χ0) is 29.5. The van der Waals surface area contributed by atoms with Gasteiger partial charge in [-0.05, 0) is 66.3 Å². The Morgan fingerprint density at radius 3 is 2.05 bits per heavy atom. The maximum Gasteiger partial charge on any atom is 0.305 e. The van der Waals surface area contributed by atoms with E-state index in [1.165, 1.54) is 12.1 Å². The molecule has 214 valence electrons. The van der Waals surface area contributed by atoms with Gasteiger partial charge in [-0.15, -0.1) is 0 Å². The number of aliphatic hydroxyl groups is 2. The number of aliphatic hydroxyl groups excluding tert-OH is 2. The zero-order valence-electron chi connectivity index (χ0n) is 23.1. The smallest absolute Gasteiger partial charge is 0.305 e. The molecular weight excluding hydrogens is 531 g/mol. The summed E-state index contributed by atoms with van der Waals surface area (Å²) in [5, 5.41) is 32.8. The van der Waals surface area contributed by atoms with E-state index in [9.17, 15) is 24.2 Å². The number of hydrogen-bond acceptors (Lipinski definition) is 4. The molecule has 41 heavy (non-hydrogen) atoms. The van der Waals surface area contributed by atoms with Crippen LogP contribution in [0.25, 0.3) is 22.4 Å². The van der Waals surface area contributed by atoms with Gasteiger partial charge in [-0.2, -0.15) is 0 Å². The first-order valence-electron chi connectivity index (χ1n) is 13.7. The number of carbonyl (C=O) groups is 2. The molecule has 0 bridgehead atoms. The summed E-state index contributed by atoms with van der Waals surface area (Å²) in [7, 11) is 0. The molecule has 0 saturated carbocycles. The third-order valence-electron chi connectivity index (χ3n) is 6.93. The third-order valence-corrected chi connectivity index (χ3v) is 6.93. The van der Waals surface area contributed by atoms with Crippen LogP contribution in [0.5, 0.6) is 0 Å². The SMILES string of the molecule is CC(C)c1c(C(=O)Nc2ccccc2)[13c](-[13c]2[13cH][13cH][13cH][13cH][13cH]2)[13c](-c2ccc(F)cc2)n1CC[C@@H](O)C[C@@H](O)CC(=O)O. The Bertz CT molecular complexity index is 1470. The van der Waals surface area contributed by atoms with Crippen LogP contribution in [0.15, 0.2) is 84.9 Å². The van der Waals surface area contributed by atoms with Crippen LogP contribution < -0.4 is 5.32 Å². The van der Waals surface area contributed by atoms with Gasteiger partial charge in [-0.3, -0.25) is 9.59 Å². The summed E-state index contributed by atoms with van der Waals surface area (Å²) in [5.41, 5.74) is 4.77. The van der Waals surface area contributed by atoms with Crippen molar-refractivity contribution < 1.29 is 29.3 Å². The lowest BCUT2D eigenvalue weighted by Gasteiger charge is -2.20. The molecule has 7 nitrogen and oxygen atoms in total. The number of nitrogens with zero attached hydrogens (tertiary/aromatic N) is 1. The summed E-state index contributed by atoms with van der Waals surface area (Å²) in [5.74, 6) is -1.93. The highest BCUT2D eigenvalue weighted by Gasteiger charge is 2.31. The average Bonchev–Trinajstić information content (AvgIpc) is 3.28. The Hall–Kier alpha value is -4.27. The van der Waals surface area contributed by atoms with Crippen molar-refractivity contribution in [2.45, 2.75) is 57.8 Å². The van der Waals surface area contributed by atoms with Gasteiger partial charge in [-0.1, -0.05) is 62.4 Å². The number of nitrogens with one attached hydrogen (secondary N) is 1. The van der Waals surface area contributed by atoms with E-state index in [1.807, 2.05) is 79.1 Å². The fourth-order valence-electron chi connectivity index (χ4n) is 5.20. The van der Waals surface area contributed by atoms with E-state index in [0.717, 1.165) is 11.3 Å². The van der Waals surface area contributed by atoms with E-state index < -0.39 is 24.6 Å². The molecule has 0 saturated heterocycles. The highest BCUT2D eigenvalue weighted by atomic mass is 19.1. The topological polar surface area (TPSA) is 112 Å². The number of amides is 1. The van der Waals surface area contributed by atoms with E-state index in [1.54, 1.807) is 12.1 Å². The summed E-state index contributed by atoms with van der Waals surface area (Å²) < 4.78 is 16.0. The van der Waals surface area contributed by atoms with Crippen molar-refractivity contribution in [3.63, 3.8) is 0 Å². The quantitative estimate of drug-likeness (QED) is 0.161. The van der Waals surface area contributed by atoms with Crippen molar-refractivity contribution >= 4 is 17.6 Å². The number of halogens is 1. The minimum Gasteiger partial charge on any atom is -0.481 e. The van der Waals surface area contributed by atoms with Crippen molar-refractivity contribution in [1.82, 2.24) is 4.57 Å². The van der Waals surface area contributed by atoms with Crippen LogP contribution in [0, 0.1) is 5.82 Å². The number of carboxylic acid groups (broad SMARTS) is 1.